The van der Waals surface area contributed by atoms with Gasteiger partial charge in [0.2, 0.25) is 0 Å². The molecular formula is C19H24FNO. The quantitative estimate of drug-likeness (QED) is 0.757. The molecule has 0 unspecified atom stereocenters. The number of anilines is 1. The number of para-hydroxylation sites is 1. The third-order valence-electron chi connectivity index (χ3n) is 3.83. The molecule has 2 aromatic carbocycles. The Morgan fingerprint density at radius 2 is 1.73 bits per heavy atom. The predicted molar refractivity (Wildman–Crippen MR) is 90.1 cm³/mol. The van der Waals surface area contributed by atoms with Crippen molar-refractivity contribution < 1.29 is 9.13 Å². The molecule has 0 aliphatic rings. The van der Waals surface area contributed by atoms with Crippen molar-refractivity contribution >= 4 is 5.69 Å². The molecular weight excluding hydrogens is 277 g/mol. The van der Waals surface area contributed by atoms with Crippen LogP contribution in [0, 0.1) is 5.82 Å². The van der Waals surface area contributed by atoms with E-state index >= 15 is 0 Å². The molecule has 0 bridgehead atoms. The predicted octanol–water partition coefficient (Wildman–Crippen LogP) is 5.22. The molecule has 118 valence electrons. The third kappa shape index (κ3) is 4.48. The van der Waals surface area contributed by atoms with Crippen molar-refractivity contribution in [3.63, 3.8) is 0 Å². The average molecular weight is 301 g/mol. The molecule has 2 aromatic rings. The van der Waals surface area contributed by atoms with E-state index in [0.29, 0.717) is 12.5 Å². The first kappa shape index (κ1) is 16.3. The minimum absolute atomic E-state index is 0.0234. The van der Waals surface area contributed by atoms with Crippen LogP contribution in [-0.4, -0.2) is 12.6 Å². The van der Waals surface area contributed by atoms with E-state index in [9.17, 15) is 4.39 Å². The summed E-state index contributed by atoms with van der Waals surface area (Å²) in [6.45, 7) is 7.09. The summed E-state index contributed by atoms with van der Waals surface area (Å²) in [5.41, 5.74) is 2.14. The van der Waals surface area contributed by atoms with Gasteiger partial charge in [0.1, 0.15) is 17.7 Å². The zero-order valence-electron chi connectivity index (χ0n) is 13.5. The van der Waals surface area contributed by atoms with Gasteiger partial charge in [-0.2, -0.15) is 0 Å². The first-order valence-corrected chi connectivity index (χ1v) is 7.85. The smallest absolute Gasteiger partial charge is 0.123 e. The molecule has 0 aromatic heterocycles. The fourth-order valence-electron chi connectivity index (χ4n) is 2.30. The van der Waals surface area contributed by atoms with E-state index in [1.807, 2.05) is 19.1 Å². The maximum Gasteiger partial charge on any atom is 0.123 e. The number of halogens is 1. The lowest BCUT2D eigenvalue weighted by Gasteiger charge is -2.20. The summed E-state index contributed by atoms with van der Waals surface area (Å²) in [5.74, 6) is 1.20. The van der Waals surface area contributed by atoms with Gasteiger partial charge in [0.25, 0.3) is 0 Å². The normalized spacial score (nSPS) is 13.5. The lowest BCUT2D eigenvalue weighted by Crippen LogP contribution is -2.23. The van der Waals surface area contributed by atoms with Gasteiger partial charge in [-0.15, -0.1) is 0 Å². The maximum atomic E-state index is 12.9. The van der Waals surface area contributed by atoms with Gasteiger partial charge in [0.05, 0.1) is 6.54 Å². The van der Waals surface area contributed by atoms with Crippen molar-refractivity contribution in [1.29, 1.82) is 0 Å². The van der Waals surface area contributed by atoms with Gasteiger partial charge in [0.15, 0.2) is 0 Å². The van der Waals surface area contributed by atoms with Crippen LogP contribution in [-0.2, 0) is 0 Å². The highest BCUT2D eigenvalue weighted by molar-refractivity contribution is 5.43. The van der Waals surface area contributed by atoms with E-state index < -0.39 is 0 Å². The first-order chi connectivity index (χ1) is 10.6. The molecule has 0 spiro atoms. The number of nitrogens with one attached hydrogen (secondary N) is 1. The second-order valence-electron chi connectivity index (χ2n) is 5.66. The van der Waals surface area contributed by atoms with Gasteiger partial charge in [-0.25, -0.2) is 4.39 Å². The Morgan fingerprint density at radius 1 is 1.05 bits per heavy atom. The molecule has 0 saturated carbocycles. The lowest BCUT2D eigenvalue weighted by atomic mass is 9.98. The Bertz CT molecular complexity index is 582. The molecule has 0 aliphatic heterocycles. The Morgan fingerprint density at radius 3 is 2.41 bits per heavy atom. The molecule has 1 N–H and O–H groups in total. The first-order valence-electron chi connectivity index (χ1n) is 7.85. The Hall–Kier alpha value is -2.03. The van der Waals surface area contributed by atoms with Gasteiger partial charge in [0, 0.05) is 5.69 Å². The average Bonchev–Trinajstić information content (AvgIpc) is 2.54. The van der Waals surface area contributed by atoms with Crippen molar-refractivity contribution in [3.05, 3.63) is 59.9 Å². The number of hydrogen-bond acceptors (Lipinski definition) is 2. The van der Waals surface area contributed by atoms with E-state index in [4.69, 9.17) is 4.74 Å². The summed E-state index contributed by atoms with van der Waals surface area (Å²) < 4.78 is 19.0. The van der Waals surface area contributed by atoms with Crippen LogP contribution in [0.5, 0.6) is 5.75 Å². The van der Waals surface area contributed by atoms with Crippen LogP contribution in [0.1, 0.15) is 38.7 Å². The molecule has 0 fully saturated rings. The Balaban J connectivity index is 1.94. The van der Waals surface area contributed by atoms with Gasteiger partial charge in [-0.1, -0.05) is 32.0 Å². The molecule has 0 saturated heterocycles. The van der Waals surface area contributed by atoms with Crippen molar-refractivity contribution in [3.8, 4) is 5.75 Å². The number of rotatable bonds is 7. The van der Waals surface area contributed by atoms with Crippen molar-refractivity contribution in [1.82, 2.24) is 0 Å². The highest BCUT2D eigenvalue weighted by Crippen LogP contribution is 2.29. The second-order valence-corrected chi connectivity index (χ2v) is 5.66. The van der Waals surface area contributed by atoms with Crippen molar-refractivity contribution in [2.45, 2.75) is 39.2 Å². The fourth-order valence-corrected chi connectivity index (χ4v) is 2.30. The largest absolute Gasteiger partial charge is 0.489 e. The van der Waals surface area contributed by atoms with Crippen LogP contribution in [0.3, 0.4) is 0 Å². The van der Waals surface area contributed by atoms with Gasteiger partial charge in [-0.3, -0.25) is 0 Å². The fraction of sp³-hybridized carbons (Fsp3) is 0.368. The number of hydrogen-bond donors (Lipinski definition) is 1. The molecule has 0 radical (unpaired) electrons. The summed E-state index contributed by atoms with van der Waals surface area (Å²) in [7, 11) is 0. The maximum absolute atomic E-state index is 12.9. The van der Waals surface area contributed by atoms with E-state index in [1.165, 1.54) is 17.7 Å². The summed E-state index contributed by atoms with van der Waals surface area (Å²) in [6.07, 6.45) is 1.11. The molecule has 0 aliphatic carbocycles. The van der Waals surface area contributed by atoms with Gasteiger partial charge < -0.3 is 10.1 Å². The minimum Gasteiger partial charge on any atom is -0.489 e. The van der Waals surface area contributed by atoms with Crippen LogP contribution in [0.25, 0.3) is 0 Å². The third-order valence-corrected chi connectivity index (χ3v) is 3.83. The second kappa shape index (κ2) is 7.83. The number of benzene rings is 2. The molecule has 22 heavy (non-hydrogen) atoms. The zero-order chi connectivity index (χ0) is 15.9. The Kier molecular flexibility index (Phi) is 5.82. The van der Waals surface area contributed by atoms with E-state index in [2.05, 4.69) is 31.3 Å². The standard InChI is InChI=1S/C19H24FNO/c1-4-14(2)18-7-5-6-8-19(18)22-15(3)13-21-17-11-9-16(20)10-12-17/h5-12,14-15,21H,4,13H2,1-3H3/t14-,15-/m1/s1. The molecule has 2 rings (SSSR count). The molecule has 0 amide bonds. The molecule has 2 atom stereocenters. The minimum atomic E-state index is -0.225. The summed E-state index contributed by atoms with van der Waals surface area (Å²) >= 11 is 0. The van der Waals surface area contributed by atoms with Crippen molar-refractivity contribution in [2.24, 2.45) is 0 Å². The highest BCUT2D eigenvalue weighted by Gasteiger charge is 2.12. The van der Waals surface area contributed by atoms with E-state index in [0.717, 1.165) is 17.9 Å². The number of ether oxygens (including phenoxy) is 1. The van der Waals surface area contributed by atoms with Crippen molar-refractivity contribution in [2.75, 3.05) is 11.9 Å². The zero-order valence-corrected chi connectivity index (χ0v) is 13.5. The van der Waals surface area contributed by atoms with E-state index in [1.54, 1.807) is 12.1 Å². The molecule has 3 heteroatoms. The van der Waals surface area contributed by atoms with Crippen LogP contribution in [0.15, 0.2) is 48.5 Å². The monoisotopic (exact) mass is 301 g/mol. The van der Waals surface area contributed by atoms with Crippen LogP contribution in [0.4, 0.5) is 10.1 Å². The van der Waals surface area contributed by atoms with E-state index in [-0.39, 0.29) is 11.9 Å². The summed E-state index contributed by atoms with van der Waals surface area (Å²) in [4.78, 5) is 0. The summed E-state index contributed by atoms with van der Waals surface area (Å²) in [6, 6.07) is 14.6. The lowest BCUT2D eigenvalue weighted by molar-refractivity contribution is 0.231. The molecule has 0 heterocycles. The highest BCUT2D eigenvalue weighted by atomic mass is 19.1. The van der Waals surface area contributed by atoms with Crippen LogP contribution in [0.2, 0.25) is 0 Å². The SMILES string of the molecule is CC[C@@H](C)c1ccccc1O[C@H](C)CNc1ccc(F)cc1. The van der Waals surface area contributed by atoms with Gasteiger partial charge in [-0.05, 0) is 55.2 Å². The van der Waals surface area contributed by atoms with Crippen LogP contribution >= 0.6 is 0 Å². The summed E-state index contributed by atoms with van der Waals surface area (Å²) in [5, 5.41) is 3.26. The van der Waals surface area contributed by atoms with Crippen LogP contribution < -0.4 is 10.1 Å². The Labute approximate surface area is 132 Å². The molecule has 2 nitrogen and oxygen atoms in total. The van der Waals surface area contributed by atoms with Gasteiger partial charge >= 0.3 is 0 Å². The topological polar surface area (TPSA) is 21.3 Å².